The minimum absolute atomic E-state index is 0.0739. The van der Waals surface area contributed by atoms with Crippen LogP contribution in [0.25, 0.3) is 0 Å². The van der Waals surface area contributed by atoms with Gasteiger partial charge in [-0.2, -0.15) is 0 Å². The molecule has 1 unspecified atom stereocenters. The molecule has 0 aliphatic carbocycles. The van der Waals surface area contributed by atoms with Crippen LogP contribution in [0, 0.1) is 11.6 Å². The summed E-state index contributed by atoms with van der Waals surface area (Å²) in [6, 6.07) is 11.8. The Kier molecular flexibility index (Phi) is 4.43. The van der Waals surface area contributed by atoms with Crippen molar-refractivity contribution in [2.24, 2.45) is 0 Å². The van der Waals surface area contributed by atoms with Gasteiger partial charge >= 0.3 is 0 Å². The third-order valence-electron chi connectivity index (χ3n) is 3.66. The van der Waals surface area contributed by atoms with Crippen LogP contribution in [-0.4, -0.2) is 7.05 Å². The molecule has 0 saturated carbocycles. The van der Waals surface area contributed by atoms with E-state index in [1.54, 1.807) is 13.1 Å². The van der Waals surface area contributed by atoms with Gasteiger partial charge in [-0.05, 0) is 29.7 Å². The zero-order valence-electron chi connectivity index (χ0n) is 12.9. The minimum atomic E-state index is -0.819. The van der Waals surface area contributed by atoms with Crippen molar-refractivity contribution in [3.05, 3.63) is 70.8 Å². The highest BCUT2D eigenvalue weighted by Gasteiger charge is 2.25. The summed E-state index contributed by atoms with van der Waals surface area (Å²) in [4.78, 5) is 0. The minimum Gasteiger partial charge on any atom is -0.309 e. The second kappa shape index (κ2) is 5.94. The van der Waals surface area contributed by atoms with Gasteiger partial charge in [0.1, 0.15) is 0 Å². The van der Waals surface area contributed by atoms with Crippen molar-refractivity contribution < 1.29 is 8.78 Å². The third kappa shape index (κ3) is 3.13. The molecule has 0 aliphatic heterocycles. The molecular weight excluding hydrogens is 268 g/mol. The van der Waals surface area contributed by atoms with Gasteiger partial charge in [-0.3, -0.25) is 0 Å². The molecule has 0 amide bonds. The molecule has 2 aromatic carbocycles. The van der Waals surface area contributed by atoms with Crippen molar-refractivity contribution in [3.63, 3.8) is 0 Å². The highest BCUT2D eigenvalue weighted by Crippen LogP contribution is 2.33. The Bertz CT molecular complexity index is 629. The van der Waals surface area contributed by atoms with Gasteiger partial charge in [0.25, 0.3) is 0 Å². The molecule has 3 heteroatoms. The number of rotatable bonds is 3. The zero-order valence-corrected chi connectivity index (χ0v) is 12.9. The number of hydrogen-bond donors (Lipinski definition) is 1. The maximum Gasteiger partial charge on any atom is 0.163 e. The first-order valence-corrected chi connectivity index (χ1v) is 7.07. The van der Waals surface area contributed by atoms with Crippen LogP contribution in [0.4, 0.5) is 8.78 Å². The molecule has 0 radical (unpaired) electrons. The number of nitrogens with one attached hydrogen (secondary N) is 1. The maximum absolute atomic E-state index is 14.1. The second-order valence-electron chi connectivity index (χ2n) is 6.20. The maximum atomic E-state index is 14.1. The third-order valence-corrected chi connectivity index (χ3v) is 3.66. The first kappa shape index (κ1) is 15.6. The van der Waals surface area contributed by atoms with E-state index in [1.807, 2.05) is 24.3 Å². The molecule has 1 N–H and O–H groups in total. The van der Waals surface area contributed by atoms with Crippen molar-refractivity contribution in [3.8, 4) is 0 Å². The van der Waals surface area contributed by atoms with E-state index in [2.05, 4.69) is 26.1 Å². The molecule has 0 saturated heterocycles. The van der Waals surface area contributed by atoms with Crippen molar-refractivity contribution in [1.29, 1.82) is 0 Å². The Hall–Kier alpha value is -1.74. The lowest BCUT2D eigenvalue weighted by Gasteiger charge is -2.28. The molecule has 0 aromatic heterocycles. The summed E-state index contributed by atoms with van der Waals surface area (Å²) in [5.41, 5.74) is 2.34. The Morgan fingerprint density at radius 1 is 0.905 bits per heavy atom. The lowest BCUT2D eigenvalue weighted by atomic mass is 9.80. The van der Waals surface area contributed by atoms with E-state index in [4.69, 9.17) is 0 Å². The molecule has 0 heterocycles. The van der Waals surface area contributed by atoms with Gasteiger partial charge in [-0.1, -0.05) is 57.2 Å². The molecule has 1 nitrogen and oxygen atoms in total. The van der Waals surface area contributed by atoms with Crippen LogP contribution < -0.4 is 5.32 Å². The summed E-state index contributed by atoms with van der Waals surface area (Å²) in [7, 11) is 1.76. The van der Waals surface area contributed by atoms with Crippen LogP contribution in [0.2, 0.25) is 0 Å². The van der Waals surface area contributed by atoms with Gasteiger partial charge in [0.2, 0.25) is 0 Å². The monoisotopic (exact) mass is 289 g/mol. The Morgan fingerprint density at radius 2 is 1.52 bits per heavy atom. The molecule has 2 rings (SSSR count). The fourth-order valence-electron chi connectivity index (χ4n) is 2.65. The summed E-state index contributed by atoms with van der Waals surface area (Å²) >= 11 is 0. The highest BCUT2D eigenvalue weighted by atomic mass is 19.2. The summed E-state index contributed by atoms with van der Waals surface area (Å²) in [6.45, 7) is 6.33. The Labute approximate surface area is 125 Å². The van der Waals surface area contributed by atoms with Crippen LogP contribution in [0.1, 0.15) is 43.5 Å². The standard InChI is InChI=1S/C18H21F2N/c1-18(2,3)14-10-6-5-8-12(14)17(21-4)13-9-7-11-15(19)16(13)20/h5-11,17,21H,1-4H3. The predicted molar refractivity (Wildman–Crippen MR) is 82.4 cm³/mol. The first-order chi connectivity index (χ1) is 9.86. The van der Waals surface area contributed by atoms with Crippen molar-refractivity contribution in [2.75, 3.05) is 7.05 Å². The predicted octanol–water partition coefficient (Wildman–Crippen LogP) is 4.57. The highest BCUT2D eigenvalue weighted by molar-refractivity contribution is 5.41. The van der Waals surface area contributed by atoms with Gasteiger partial charge < -0.3 is 5.32 Å². The van der Waals surface area contributed by atoms with E-state index in [0.29, 0.717) is 5.56 Å². The first-order valence-electron chi connectivity index (χ1n) is 7.07. The molecule has 0 spiro atoms. The molecule has 0 fully saturated rings. The van der Waals surface area contributed by atoms with Crippen LogP contribution in [0.15, 0.2) is 42.5 Å². The fourth-order valence-corrected chi connectivity index (χ4v) is 2.65. The molecule has 112 valence electrons. The van der Waals surface area contributed by atoms with Crippen LogP contribution >= 0.6 is 0 Å². The number of hydrogen-bond acceptors (Lipinski definition) is 1. The average Bonchev–Trinajstić information content (AvgIpc) is 2.44. The van der Waals surface area contributed by atoms with Crippen LogP contribution in [0.5, 0.6) is 0 Å². The second-order valence-corrected chi connectivity index (χ2v) is 6.20. The molecule has 0 bridgehead atoms. The van der Waals surface area contributed by atoms with Gasteiger partial charge in [0.05, 0.1) is 6.04 Å². The summed E-state index contributed by atoms with van der Waals surface area (Å²) in [5.74, 6) is -1.61. The average molecular weight is 289 g/mol. The van der Waals surface area contributed by atoms with E-state index in [0.717, 1.165) is 17.2 Å². The summed E-state index contributed by atoms with van der Waals surface area (Å²) in [6.07, 6.45) is 0. The quantitative estimate of drug-likeness (QED) is 0.872. The Morgan fingerprint density at radius 3 is 2.14 bits per heavy atom. The van der Waals surface area contributed by atoms with Crippen molar-refractivity contribution in [2.45, 2.75) is 32.2 Å². The largest absolute Gasteiger partial charge is 0.309 e. The van der Waals surface area contributed by atoms with Crippen LogP contribution in [0.3, 0.4) is 0 Å². The fraction of sp³-hybridized carbons (Fsp3) is 0.333. The molecular formula is C18H21F2N. The molecule has 2 aromatic rings. The van der Waals surface area contributed by atoms with Crippen LogP contribution in [-0.2, 0) is 5.41 Å². The SMILES string of the molecule is CNC(c1ccccc1C(C)(C)C)c1cccc(F)c1F. The van der Waals surface area contributed by atoms with E-state index in [9.17, 15) is 8.78 Å². The normalized spacial score (nSPS) is 13.2. The molecule has 1 atom stereocenters. The van der Waals surface area contributed by atoms with E-state index in [-0.39, 0.29) is 11.5 Å². The van der Waals surface area contributed by atoms with Gasteiger partial charge in [0, 0.05) is 5.56 Å². The van der Waals surface area contributed by atoms with E-state index < -0.39 is 11.6 Å². The zero-order chi connectivity index (χ0) is 15.6. The topological polar surface area (TPSA) is 12.0 Å². The van der Waals surface area contributed by atoms with Crippen molar-refractivity contribution >= 4 is 0 Å². The Balaban J connectivity index is 2.60. The summed E-state index contributed by atoms with van der Waals surface area (Å²) < 4.78 is 27.7. The van der Waals surface area contributed by atoms with Gasteiger partial charge in [-0.25, -0.2) is 8.78 Å². The molecule has 21 heavy (non-hydrogen) atoms. The number of benzene rings is 2. The summed E-state index contributed by atoms with van der Waals surface area (Å²) in [5, 5.41) is 3.11. The lowest BCUT2D eigenvalue weighted by Crippen LogP contribution is -2.24. The molecule has 0 aliphatic rings. The lowest BCUT2D eigenvalue weighted by molar-refractivity contribution is 0.484. The smallest absolute Gasteiger partial charge is 0.163 e. The van der Waals surface area contributed by atoms with E-state index >= 15 is 0 Å². The number of halogens is 2. The van der Waals surface area contributed by atoms with Gasteiger partial charge in [-0.15, -0.1) is 0 Å². The van der Waals surface area contributed by atoms with E-state index in [1.165, 1.54) is 6.07 Å². The van der Waals surface area contributed by atoms with Crippen molar-refractivity contribution in [1.82, 2.24) is 5.32 Å². The van der Waals surface area contributed by atoms with Gasteiger partial charge in [0.15, 0.2) is 11.6 Å².